The maximum atomic E-state index is 5.48. The molecule has 0 aliphatic heterocycles. The van der Waals surface area contributed by atoms with Crippen LogP contribution in [0, 0.1) is 20.8 Å². The van der Waals surface area contributed by atoms with Gasteiger partial charge in [0.15, 0.2) is 5.76 Å². The van der Waals surface area contributed by atoms with Crippen molar-refractivity contribution in [1.29, 1.82) is 0 Å². The van der Waals surface area contributed by atoms with Gasteiger partial charge in [-0.2, -0.15) is 0 Å². The first kappa shape index (κ1) is 18.0. The van der Waals surface area contributed by atoms with Crippen LogP contribution in [-0.4, -0.2) is 27.3 Å². The van der Waals surface area contributed by atoms with Gasteiger partial charge in [0.2, 0.25) is 0 Å². The zero-order valence-electron chi connectivity index (χ0n) is 16.4. The van der Waals surface area contributed by atoms with Crippen LogP contribution in [-0.2, 0) is 6.54 Å². The summed E-state index contributed by atoms with van der Waals surface area (Å²) >= 11 is 0. The van der Waals surface area contributed by atoms with Crippen molar-refractivity contribution in [3.63, 3.8) is 0 Å². The lowest BCUT2D eigenvalue weighted by Gasteiger charge is -2.06. The van der Waals surface area contributed by atoms with Crippen LogP contribution in [0.3, 0.4) is 0 Å². The van der Waals surface area contributed by atoms with Crippen molar-refractivity contribution in [1.82, 2.24) is 20.2 Å². The Kier molecular flexibility index (Phi) is 4.69. The zero-order chi connectivity index (χ0) is 19.7. The second-order valence-corrected chi connectivity index (χ2v) is 6.96. The molecule has 0 unspecified atom stereocenters. The lowest BCUT2D eigenvalue weighted by Crippen LogP contribution is -1.98. The molecule has 6 heteroatoms. The van der Waals surface area contributed by atoms with Gasteiger partial charge in [-0.3, -0.25) is 0 Å². The van der Waals surface area contributed by atoms with Gasteiger partial charge in [0.25, 0.3) is 0 Å². The summed E-state index contributed by atoms with van der Waals surface area (Å²) in [6.45, 7) is 6.80. The molecule has 2 aromatic carbocycles. The monoisotopic (exact) mass is 374 g/mol. The third-order valence-corrected chi connectivity index (χ3v) is 4.92. The van der Waals surface area contributed by atoms with E-state index in [1.165, 1.54) is 16.7 Å². The minimum Gasteiger partial charge on any atom is -0.497 e. The van der Waals surface area contributed by atoms with Crippen LogP contribution in [0.1, 0.15) is 22.5 Å². The fraction of sp³-hybridized carbons (Fsp3) is 0.227. The lowest BCUT2D eigenvalue weighted by molar-refractivity contribution is 0.371. The average molecular weight is 374 g/mol. The van der Waals surface area contributed by atoms with E-state index >= 15 is 0 Å². The quantitative estimate of drug-likeness (QED) is 0.511. The molecule has 0 saturated carbocycles. The molecule has 4 aromatic rings. The Labute approximate surface area is 163 Å². The summed E-state index contributed by atoms with van der Waals surface area (Å²) in [7, 11) is 1.65. The summed E-state index contributed by atoms with van der Waals surface area (Å²) in [6.07, 6.45) is 1.94. The highest BCUT2D eigenvalue weighted by Gasteiger charge is 2.12. The lowest BCUT2D eigenvalue weighted by atomic mass is 9.99. The molecule has 6 nitrogen and oxygen atoms in total. The number of ether oxygens (including phenoxy) is 1. The van der Waals surface area contributed by atoms with Gasteiger partial charge in [0.05, 0.1) is 13.3 Å². The molecule has 0 N–H and O–H groups in total. The van der Waals surface area contributed by atoms with Crippen LogP contribution in [0.15, 0.2) is 53.2 Å². The Morgan fingerprint density at radius 2 is 1.68 bits per heavy atom. The Hall–Kier alpha value is -3.41. The number of hydrogen-bond acceptors (Lipinski definition) is 5. The number of nitrogens with zero attached hydrogens (tertiary/aromatic N) is 4. The fourth-order valence-electron chi connectivity index (χ4n) is 3.18. The highest BCUT2D eigenvalue weighted by Crippen LogP contribution is 2.25. The van der Waals surface area contributed by atoms with Crippen LogP contribution < -0.4 is 4.74 Å². The molecule has 0 amide bonds. The van der Waals surface area contributed by atoms with E-state index in [0.29, 0.717) is 6.54 Å². The van der Waals surface area contributed by atoms with E-state index in [0.717, 1.165) is 34.0 Å². The van der Waals surface area contributed by atoms with Crippen LogP contribution in [0.2, 0.25) is 0 Å². The minimum absolute atomic E-state index is 0.472. The second-order valence-electron chi connectivity index (χ2n) is 6.96. The summed E-state index contributed by atoms with van der Waals surface area (Å²) in [5.41, 5.74) is 7.43. The molecule has 28 heavy (non-hydrogen) atoms. The Morgan fingerprint density at radius 3 is 2.43 bits per heavy atom. The van der Waals surface area contributed by atoms with E-state index in [2.05, 4.69) is 48.4 Å². The summed E-state index contributed by atoms with van der Waals surface area (Å²) in [4.78, 5) is 0. The molecule has 0 aliphatic carbocycles. The van der Waals surface area contributed by atoms with Crippen molar-refractivity contribution >= 4 is 0 Å². The number of methoxy groups -OCH3 is 1. The Bertz CT molecular complexity index is 1110. The molecule has 4 rings (SSSR count). The van der Waals surface area contributed by atoms with E-state index in [1.54, 1.807) is 11.8 Å². The predicted octanol–water partition coefficient (Wildman–Crippen LogP) is 4.58. The van der Waals surface area contributed by atoms with Crippen molar-refractivity contribution < 1.29 is 9.26 Å². The van der Waals surface area contributed by atoms with E-state index < -0.39 is 0 Å². The van der Waals surface area contributed by atoms with Gasteiger partial charge in [-0.15, -0.1) is 5.10 Å². The second kappa shape index (κ2) is 7.31. The molecule has 0 bridgehead atoms. The molecule has 0 atom stereocenters. The first-order chi connectivity index (χ1) is 13.5. The predicted molar refractivity (Wildman–Crippen MR) is 107 cm³/mol. The smallest absolute Gasteiger partial charge is 0.158 e. The molecular formula is C22H22N4O2. The van der Waals surface area contributed by atoms with Crippen LogP contribution in [0.5, 0.6) is 5.75 Å². The van der Waals surface area contributed by atoms with Gasteiger partial charge >= 0.3 is 0 Å². The molecule has 0 radical (unpaired) electrons. The molecule has 0 fully saturated rings. The maximum absolute atomic E-state index is 5.48. The van der Waals surface area contributed by atoms with E-state index in [-0.39, 0.29) is 0 Å². The van der Waals surface area contributed by atoms with Crippen LogP contribution in [0.4, 0.5) is 0 Å². The molecule has 0 saturated heterocycles. The fourth-order valence-corrected chi connectivity index (χ4v) is 3.18. The van der Waals surface area contributed by atoms with Crippen LogP contribution >= 0.6 is 0 Å². The zero-order valence-corrected chi connectivity index (χ0v) is 16.4. The summed E-state index contributed by atoms with van der Waals surface area (Å²) < 4.78 is 12.4. The van der Waals surface area contributed by atoms with E-state index in [1.807, 2.05) is 36.5 Å². The van der Waals surface area contributed by atoms with Gasteiger partial charge < -0.3 is 9.26 Å². The summed E-state index contributed by atoms with van der Waals surface area (Å²) in [5.74, 6) is 1.53. The van der Waals surface area contributed by atoms with Crippen molar-refractivity contribution in [2.45, 2.75) is 27.3 Å². The molecule has 0 aliphatic rings. The van der Waals surface area contributed by atoms with Gasteiger partial charge in [-0.25, -0.2) is 4.68 Å². The minimum atomic E-state index is 0.472. The topological polar surface area (TPSA) is 66.0 Å². The number of aromatic nitrogens is 4. The highest BCUT2D eigenvalue weighted by molar-refractivity contribution is 5.64. The van der Waals surface area contributed by atoms with E-state index in [9.17, 15) is 0 Å². The number of hydrogen-bond donors (Lipinski definition) is 0. The molecular weight excluding hydrogens is 352 g/mol. The Morgan fingerprint density at radius 1 is 0.929 bits per heavy atom. The normalized spacial score (nSPS) is 11.0. The van der Waals surface area contributed by atoms with E-state index in [4.69, 9.17) is 9.26 Å². The average Bonchev–Trinajstić information content (AvgIpc) is 3.35. The number of benzene rings is 2. The first-order valence-electron chi connectivity index (χ1n) is 9.12. The van der Waals surface area contributed by atoms with Crippen molar-refractivity contribution in [3.05, 3.63) is 71.1 Å². The molecule has 142 valence electrons. The first-order valence-corrected chi connectivity index (χ1v) is 9.12. The van der Waals surface area contributed by atoms with Crippen molar-refractivity contribution in [2.75, 3.05) is 7.11 Å². The Balaban J connectivity index is 1.53. The standard InChI is InChI=1S/C22H22N4O2/c1-14-9-16(3)20(10-15(14)2)22-13-26(25-23-22)12-19-11-21(24-28-19)17-5-7-18(27-4)8-6-17/h5-11,13H,12H2,1-4H3. The van der Waals surface area contributed by atoms with Gasteiger partial charge in [0.1, 0.15) is 23.7 Å². The maximum Gasteiger partial charge on any atom is 0.158 e. The SMILES string of the molecule is COc1ccc(-c2cc(Cn3cc(-c4cc(C)c(C)cc4C)nn3)on2)cc1. The largest absolute Gasteiger partial charge is 0.497 e. The third-order valence-electron chi connectivity index (χ3n) is 4.92. The molecule has 2 heterocycles. The third kappa shape index (κ3) is 3.53. The summed E-state index contributed by atoms with van der Waals surface area (Å²) in [6, 6.07) is 14.0. The molecule has 2 aromatic heterocycles. The summed E-state index contributed by atoms with van der Waals surface area (Å²) in [5, 5.41) is 12.7. The van der Waals surface area contributed by atoms with Gasteiger partial charge in [-0.05, 0) is 67.8 Å². The molecule has 0 spiro atoms. The van der Waals surface area contributed by atoms with Gasteiger partial charge in [-0.1, -0.05) is 16.4 Å². The van der Waals surface area contributed by atoms with Crippen molar-refractivity contribution in [2.24, 2.45) is 0 Å². The highest BCUT2D eigenvalue weighted by atomic mass is 16.5. The van der Waals surface area contributed by atoms with Crippen LogP contribution in [0.25, 0.3) is 22.5 Å². The number of aryl methyl sites for hydroxylation is 3. The van der Waals surface area contributed by atoms with Gasteiger partial charge in [0, 0.05) is 17.2 Å². The van der Waals surface area contributed by atoms with Crippen molar-refractivity contribution in [3.8, 4) is 28.3 Å². The number of rotatable bonds is 5.